The Morgan fingerprint density at radius 3 is 2.45 bits per heavy atom. The first kappa shape index (κ1) is 19.9. The number of nitrogens with one attached hydrogen (secondary N) is 2. The van der Waals surface area contributed by atoms with E-state index in [1.165, 1.54) is 7.11 Å². The van der Waals surface area contributed by atoms with Crippen molar-refractivity contribution in [3.63, 3.8) is 0 Å². The summed E-state index contributed by atoms with van der Waals surface area (Å²) in [6, 6.07) is 17.5. The lowest BCUT2D eigenvalue weighted by atomic mass is 10.2. The van der Waals surface area contributed by atoms with Gasteiger partial charge in [-0.25, -0.2) is 9.78 Å². The first-order valence-corrected chi connectivity index (χ1v) is 8.92. The first-order valence-electron chi connectivity index (χ1n) is 8.92. The lowest BCUT2D eigenvalue weighted by Gasteiger charge is -2.11. The Hall–Kier alpha value is -3.87. The molecule has 0 spiro atoms. The van der Waals surface area contributed by atoms with Crippen LogP contribution in [0.3, 0.4) is 0 Å². The number of rotatable bonds is 7. The van der Waals surface area contributed by atoms with Crippen LogP contribution in [-0.4, -0.2) is 31.1 Å². The maximum atomic E-state index is 12.5. The third kappa shape index (κ3) is 5.10. The number of aromatic nitrogens is 1. The summed E-state index contributed by atoms with van der Waals surface area (Å²) < 4.78 is 10.0. The van der Waals surface area contributed by atoms with Crippen LogP contribution >= 0.6 is 0 Å². The fraction of sp³-hybridized carbons (Fsp3) is 0.136. The minimum atomic E-state index is -0.428. The van der Waals surface area contributed by atoms with Crippen LogP contribution in [0.1, 0.15) is 26.3 Å². The predicted octanol–water partition coefficient (Wildman–Crippen LogP) is 3.74. The number of carbonyl (C=O) groups is 2. The van der Waals surface area contributed by atoms with Gasteiger partial charge in [-0.05, 0) is 42.5 Å². The molecule has 1 amide bonds. The third-order valence-electron chi connectivity index (χ3n) is 4.24. The number of anilines is 2. The van der Waals surface area contributed by atoms with Crippen LogP contribution in [0.2, 0.25) is 0 Å². The molecule has 1 heterocycles. The van der Waals surface area contributed by atoms with Crippen LogP contribution < -0.4 is 15.4 Å². The van der Waals surface area contributed by atoms with Crippen LogP contribution in [0.5, 0.6) is 5.75 Å². The highest BCUT2D eigenvalue weighted by atomic mass is 16.5. The van der Waals surface area contributed by atoms with E-state index in [2.05, 4.69) is 20.4 Å². The van der Waals surface area contributed by atoms with E-state index in [9.17, 15) is 9.59 Å². The van der Waals surface area contributed by atoms with Gasteiger partial charge in [0.25, 0.3) is 5.91 Å². The maximum absolute atomic E-state index is 12.5. The molecule has 3 rings (SSSR count). The van der Waals surface area contributed by atoms with Gasteiger partial charge in [0, 0.05) is 29.6 Å². The molecule has 1 aromatic heterocycles. The average Bonchev–Trinajstić information content (AvgIpc) is 2.78. The monoisotopic (exact) mass is 391 g/mol. The van der Waals surface area contributed by atoms with E-state index in [1.54, 1.807) is 49.7 Å². The largest absolute Gasteiger partial charge is 0.496 e. The average molecular weight is 391 g/mol. The molecule has 0 atom stereocenters. The second kappa shape index (κ2) is 9.36. The normalized spacial score (nSPS) is 10.1. The molecule has 0 radical (unpaired) electrons. The van der Waals surface area contributed by atoms with Gasteiger partial charge < -0.3 is 20.1 Å². The van der Waals surface area contributed by atoms with Crippen molar-refractivity contribution in [3.8, 4) is 5.75 Å². The Bertz CT molecular complexity index is 1000. The molecule has 3 aromatic rings. The van der Waals surface area contributed by atoms with E-state index in [-0.39, 0.29) is 5.91 Å². The summed E-state index contributed by atoms with van der Waals surface area (Å²) in [5.41, 5.74) is 2.43. The number of benzene rings is 2. The number of hydrogen-bond donors (Lipinski definition) is 2. The second-order valence-corrected chi connectivity index (χ2v) is 6.12. The Labute approximate surface area is 168 Å². The summed E-state index contributed by atoms with van der Waals surface area (Å²) in [6.45, 7) is 0.511. The minimum Gasteiger partial charge on any atom is -0.496 e. The van der Waals surface area contributed by atoms with Gasteiger partial charge in [0.05, 0.1) is 19.8 Å². The van der Waals surface area contributed by atoms with Gasteiger partial charge in [-0.3, -0.25) is 4.79 Å². The van der Waals surface area contributed by atoms with Crippen LogP contribution in [-0.2, 0) is 11.3 Å². The van der Waals surface area contributed by atoms with Crippen molar-refractivity contribution < 1.29 is 19.1 Å². The van der Waals surface area contributed by atoms with E-state index < -0.39 is 5.97 Å². The smallest absolute Gasteiger partial charge is 0.337 e. The summed E-state index contributed by atoms with van der Waals surface area (Å²) in [5, 5.41) is 5.99. The third-order valence-corrected chi connectivity index (χ3v) is 4.24. The van der Waals surface area contributed by atoms with E-state index in [0.717, 1.165) is 11.3 Å². The van der Waals surface area contributed by atoms with Gasteiger partial charge in [-0.2, -0.15) is 0 Å². The molecule has 29 heavy (non-hydrogen) atoms. The maximum Gasteiger partial charge on any atom is 0.337 e. The van der Waals surface area contributed by atoms with Crippen molar-refractivity contribution in [1.29, 1.82) is 0 Å². The summed E-state index contributed by atoms with van der Waals surface area (Å²) in [7, 11) is 2.95. The highest BCUT2D eigenvalue weighted by Gasteiger charge is 2.10. The first-order chi connectivity index (χ1) is 14.1. The second-order valence-electron chi connectivity index (χ2n) is 6.12. The highest BCUT2D eigenvalue weighted by molar-refractivity contribution is 6.04. The summed E-state index contributed by atoms with van der Waals surface area (Å²) in [4.78, 5) is 28.3. The van der Waals surface area contributed by atoms with E-state index in [1.807, 2.05) is 24.3 Å². The minimum absolute atomic E-state index is 0.279. The number of esters is 1. The number of carbonyl (C=O) groups excluding carboxylic acids is 2. The molecule has 0 saturated carbocycles. The molecule has 148 valence electrons. The van der Waals surface area contributed by atoms with Gasteiger partial charge in [-0.15, -0.1) is 0 Å². The summed E-state index contributed by atoms with van der Waals surface area (Å²) in [5.74, 6) is 0.648. The number of para-hydroxylation sites is 1. The Morgan fingerprint density at radius 1 is 0.966 bits per heavy atom. The zero-order chi connectivity index (χ0) is 20.6. The van der Waals surface area contributed by atoms with E-state index in [4.69, 9.17) is 4.74 Å². The van der Waals surface area contributed by atoms with Crippen LogP contribution in [0.4, 0.5) is 11.5 Å². The van der Waals surface area contributed by atoms with Gasteiger partial charge in [0.2, 0.25) is 0 Å². The highest BCUT2D eigenvalue weighted by Crippen LogP contribution is 2.19. The standard InChI is InChI=1S/C22H21N3O4/c1-28-19-6-4-3-5-17(19)14-24-20-13-16(11-12-23-20)21(26)25-18-9-7-15(8-10-18)22(27)29-2/h3-13H,14H2,1-2H3,(H,23,24)(H,25,26). The van der Waals surface area contributed by atoms with Crippen molar-refractivity contribution >= 4 is 23.4 Å². The molecule has 2 aromatic carbocycles. The molecular weight excluding hydrogens is 370 g/mol. The quantitative estimate of drug-likeness (QED) is 0.597. The molecule has 0 unspecified atom stereocenters. The SMILES string of the molecule is COC(=O)c1ccc(NC(=O)c2ccnc(NCc3ccccc3OC)c2)cc1. The number of hydrogen-bond acceptors (Lipinski definition) is 6. The fourth-order valence-corrected chi connectivity index (χ4v) is 2.71. The van der Waals surface area contributed by atoms with Gasteiger partial charge in [-0.1, -0.05) is 18.2 Å². The Kier molecular flexibility index (Phi) is 6.42. The topological polar surface area (TPSA) is 89.5 Å². The molecule has 0 aliphatic rings. The zero-order valence-corrected chi connectivity index (χ0v) is 16.1. The lowest BCUT2D eigenvalue weighted by molar-refractivity contribution is 0.0600. The molecule has 0 aliphatic heterocycles. The van der Waals surface area contributed by atoms with E-state index >= 15 is 0 Å². The van der Waals surface area contributed by atoms with Crippen molar-refractivity contribution in [2.75, 3.05) is 24.9 Å². The molecule has 0 saturated heterocycles. The molecular formula is C22H21N3O4. The van der Waals surface area contributed by atoms with Gasteiger partial charge in [0.15, 0.2) is 0 Å². The van der Waals surface area contributed by atoms with Crippen LogP contribution in [0.15, 0.2) is 66.9 Å². The Balaban J connectivity index is 1.65. The number of methoxy groups -OCH3 is 2. The predicted molar refractivity (Wildman–Crippen MR) is 110 cm³/mol. The zero-order valence-electron chi connectivity index (χ0n) is 16.1. The molecule has 0 aliphatic carbocycles. The number of amides is 1. The number of pyridine rings is 1. The van der Waals surface area contributed by atoms with Crippen LogP contribution in [0.25, 0.3) is 0 Å². The molecule has 0 bridgehead atoms. The van der Waals surface area contributed by atoms with Crippen molar-refractivity contribution in [3.05, 3.63) is 83.6 Å². The van der Waals surface area contributed by atoms with Crippen LogP contribution in [0, 0.1) is 0 Å². The van der Waals surface area contributed by atoms with E-state index in [0.29, 0.717) is 29.2 Å². The number of nitrogens with zero attached hydrogens (tertiary/aromatic N) is 1. The van der Waals surface area contributed by atoms with Crippen molar-refractivity contribution in [2.24, 2.45) is 0 Å². The van der Waals surface area contributed by atoms with Crippen molar-refractivity contribution in [1.82, 2.24) is 4.98 Å². The lowest BCUT2D eigenvalue weighted by Crippen LogP contribution is -2.13. The Morgan fingerprint density at radius 2 is 1.72 bits per heavy atom. The molecule has 7 heteroatoms. The van der Waals surface area contributed by atoms with Gasteiger partial charge in [0.1, 0.15) is 11.6 Å². The summed E-state index contributed by atoms with van der Waals surface area (Å²) >= 11 is 0. The molecule has 7 nitrogen and oxygen atoms in total. The van der Waals surface area contributed by atoms with Gasteiger partial charge >= 0.3 is 5.97 Å². The summed E-state index contributed by atoms with van der Waals surface area (Å²) in [6.07, 6.45) is 1.57. The fourth-order valence-electron chi connectivity index (χ4n) is 2.71. The van der Waals surface area contributed by atoms with Crippen molar-refractivity contribution in [2.45, 2.75) is 6.54 Å². The number of ether oxygens (including phenoxy) is 2. The molecule has 0 fully saturated rings. The molecule has 2 N–H and O–H groups in total.